The molecule has 0 aromatic heterocycles. The Morgan fingerprint density at radius 3 is 0.677 bits per heavy atom. The lowest BCUT2D eigenvalue weighted by Gasteiger charge is -2.34. The van der Waals surface area contributed by atoms with Crippen molar-refractivity contribution >= 4 is 106 Å². The van der Waals surface area contributed by atoms with Gasteiger partial charge in [0.25, 0.3) is 11.8 Å². The van der Waals surface area contributed by atoms with E-state index in [-0.39, 0.29) is 119 Å². The molecule has 2 amide bonds. The van der Waals surface area contributed by atoms with Crippen LogP contribution in [-0.4, -0.2) is 210 Å². The number of aliphatic imine (C=N–C) groups is 2. The van der Waals surface area contributed by atoms with Crippen LogP contribution in [0.4, 0.5) is 35.1 Å². The number of guanidine groups is 3. The van der Waals surface area contributed by atoms with E-state index < -0.39 is 145 Å². The number of rotatable bonds is 36. The number of aliphatic carboxylic acids is 2. The minimum Gasteiger partial charge on any atom is -0.478 e. The van der Waals surface area contributed by atoms with Gasteiger partial charge in [0.15, 0.2) is 87.4 Å². The van der Waals surface area contributed by atoms with Gasteiger partial charge in [-0.15, -0.1) is 0 Å². The number of amides is 2. The predicted octanol–water partition coefficient (Wildman–Crippen LogP) is 7.62. The largest absolute Gasteiger partial charge is 0.478 e. The topological polar surface area (TPSA) is 548 Å². The van der Waals surface area contributed by atoms with Gasteiger partial charge in [-0.25, -0.2) is 97.3 Å². The van der Waals surface area contributed by atoms with Crippen LogP contribution in [0.2, 0.25) is 0 Å². The number of piperazine rings is 2. The Labute approximate surface area is 742 Å². The number of hydrogen-bond donors (Lipinski definition) is 13. The number of nitrogens with one attached hydrogen (secondary N) is 5. The first-order valence-corrected chi connectivity index (χ1v) is 44.6. The van der Waals surface area contributed by atoms with Gasteiger partial charge in [-0.3, -0.25) is 34.6 Å². The highest BCUT2D eigenvalue weighted by atomic mass is 32.2. The molecule has 0 aliphatic carbocycles. The average Bonchev–Trinajstić information content (AvgIpc) is 0.826. The number of hydrogen-bond acceptors (Lipinski definition) is 21. The van der Waals surface area contributed by atoms with E-state index in [1.807, 2.05) is 19.6 Å². The van der Waals surface area contributed by atoms with Crippen LogP contribution in [0.25, 0.3) is 24.3 Å². The smallest absolute Gasteiger partial charge is 0.331 e. The van der Waals surface area contributed by atoms with Gasteiger partial charge in [-0.1, -0.05) is 0 Å². The molecule has 8 aromatic rings. The number of carboxylic acid groups (broad SMARTS) is 2. The number of nitrogens with zero attached hydrogens (tertiary/aromatic N) is 6. The van der Waals surface area contributed by atoms with Crippen LogP contribution in [0.15, 0.2) is 197 Å². The van der Waals surface area contributed by atoms with Gasteiger partial charge in [0.05, 0.1) is 19.6 Å². The highest BCUT2D eigenvalue weighted by Crippen LogP contribution is 2.36. The monoisotopic (exact) mass is 1890 g/mol. The van der Waals surface area contributed by atoms with Crippen LogP contribution in [0, 0.1) is 51.9 Å². The van der Waals surface area contributed by atoms with Crippen molar-refractivity contribution in [3.63, 3.8) is 0 Å². The third-order valence-electron chi connectivity index (χ3n) is 18.7. The van der Waals surface area contributed by atoms with E-state index in [0.29, 0.717) is 78.5 Å². The summed E-state index contributed by atoms with van der Waals surface area (Å²) in [5, 5.41) is 24.0. The Balaban J connectivity index is 0.000000309. The Morgan fingerprint density at radius 2 is 0.515 bits per heavy atom. The van der Waals surface area contributed by atoms with Crippen molar-refractivity contribution in [1.29, 1.82) is 5.41 Å². The Bertz CT molecular complexity index is 5700. The first-order valence-electron chi connectivity index (χ1n) is 38.7. The van der Waals surface area contributed by atoms with E-state index in [0.717, 1.165) is 60.7 Å². The standard InChI is InChI=1S/C42H46F4N10O8S2.C40H40F4N4O10S2.CH5N3/c1-25(39(57)53-41(47)48)19-27-21-33(43)37(34(44)22-27)63-29-3-7-31(8-4-29)65(59,60)51-11-13-55-15-17-56(18-16-55)14-12-52-66(61,62)32-9-5-30(6-10-32)64-38-35(45)23-28(24-36(38)46)20-26(2)40(58)54-42(49)50;1-25(39(49)50)19-27-21-33(41)37(34(42)22-27)57-29-3-7-31(8-4-29)59(53,54)45-11-13-47-15-17-48(18-16-47)14-12-46-60(55,56)32-9-5-30(6-10-32)58-38-35(43)23-28(24-36(38)44)20-26(2)40(51)52;2-1(3)4/h3-10,19-24,51-52H,11-18H2,1-2H3,(H4,47,48,53,57)(H4,49,50,54,58);3-10,19-24,45-46H,11-18H2,1-2H3,(H,49,50)(H,51,52);(H5,2,3,4)/b2*25-19+,26-20+;. The Kier molecular flexibility index (Phi) is 36.4. The fraction of sp³-hybridized carbons (Fsp3) is 0.241. The molecule has 0 radical (unpaired) electrons. The number of carboxylic acids is 2. The molecule has 130 heavy (non-hydrogen) atoms. The van der Waals surface area contributed by atoms with Crippen molar-refractivity contribution in [2.45, 2.75) is 47.3 Å². The number of ether oxygens (including phenoxy) is 4. The highest BCUT2D eigenvalue weighted by Gasteiger charge is 2.27. The van der Waals surface area contributed by atoms with Crippen molar-refractivity contribution in [3.8, 4) is 46.0 Å². The zero-order valence-electron chi connectivity index (χ0n) is 69.7. The molecule has 0 atom stereocenters. The molecule has 10 rings (SSSR count). The molecule has 35 nitrogen and oxygen atoms in total. The quantitative estimate of drug-likeness (QED) is 0.00776. The second-order valence-electron chi connectivity index (χ2n) is 28.6. The van der Waals surface area contributed by atoms with Gasteiger partial charge < -0.3 is 63.6 Å². The lowest BCUT2D eigenvalue weighted by molar-refractivity contribution is -0.133. The number of nitrogens with two attached hydrogens (primary N) is 6. The average molecular weight is 1890 g/mol. The number of benzene rings is 8. The van der Waals surface area contributed by atoms with Crippen molar-refractivity contribution in [2.24, 2.45) is 44.4 Å². The normalized spacial score (nSPS) is 14.1. The fourth-order valence-electron chi connectivity index (χ4n) is 12.1. The van der Waals surface area contributed by atoms with Crippen molar-refractivity contribution in [3.05, 3.63) is 237 Å². The molecule has 2 heterocycles. The molecule has 0 bridgehead atoms. The molecule has 2 aliphatic heterocycles. The van der Waals surface area contributed by atoms with Crippen molar-refractivity contribution in [2.75, 3.05) is 105 Å². The molecule has 2 saturated heterocycles. The maximum Gasteiger partial charge on any atom is 0.331 e. The van der Waals surface area contributed by atoms with Gasteiger partial charge in [0.1, 0.15) is 23.0 Å². The van der Waals surface area contributed by atoms with Gasteiger partial charge >= 0.3 is 11.9 Å². The summed E-state index contributed by atoms with van der Waals surface area (Å²) in [6, 6.07) is 27.1. The van der Waals surface area contributed by atoms with Crippen LogP contribution in [0.5, 0.6) is 46.0 Å². The van der Waals surface area contributed by atoms with E-state index >= 15 is 0 Å². The van der Waals surface area contributed by atoms with Crippen LogP contribution in [-0.2, 0) is 59.3 Å². The van der Waals surface area contributed by atoms with E-state index in [2.05, 4.69) is 40.3 Å². The molecule has 2 fully saturated rings. The number of sulfonamides is 4. The van der Waals surface area contributed by atoms with E-state index in [1.54, 1.807) is 0 Å². The van der Waals surface area contributed by atoms with Crippen LogP contribution < -0.4 is 72.2 Å². The molecule has 2 aliphatic rings. The van der Waals surface area contributed by atoms with Crippen molar-refractivity contribution in [1.82, 2.24) is 38.5 Å². The minimum atomic E-state index is -3.96. The van der Waals surface area contributed by atoms with Crippen LogP contribution in [0.1, 0.15) is 49.9 Å². The molecule has 0 spiro atoms. The summed E-state index contributed by atoms with van der Waals surface area (Å²) >= 11 is 0. The van der Waals surface area contributed by atoms with E-state index in [9.17, 15) is 88.0 Å². The Hall–Kier alpha value is -13.1. The summed E-state index contributed by atoms with van der Waals surface area (Å²) in [6.07, 6.45) is 4.57. The van der Waals surface area contributed by atoms with E-state index in [1.165, 1.54) is 137 Å². The molecule has 47 heteroatoms. The van der Waals surface area contributed by atoms with Gasteiger partial charge in [0.2, 0.25) is 40.1 Å². The summed E-state index contributed by atoms with van der Waals surface area (Å²) < 4.78 is 253. The molecular formula is C83H91F8N17O18S4. The first kappa shape index (κ1) is 102. The summed E-state index contributed by atoms with van der Waals surface area (Å²) in [5.74, 6) is -17.1. The molecule has 8 aromatic carbocycles. The third kappa shape index (κ3) is 31.1. The zero-order valence-corrected chi connectivity index (χ0v) is 73.0. The SMILES string of the molecule is C/C(=C\c1cc(F)c(Oc2ccc(S(=O)(=O)NCCN3CCN(CCNS(=O)(=O)c4ccc(Oc5c(F)cc(/C=C(\C)C(=O)N=C(N)N)cc5F)cc4)CC3)cc2)c(F)c1)C(=O)N=C(N)N.C/C(=C\c1cc(F)c(Oc2ccc(S(=O)(=O)NCCN3CCN(CCNS(=O)(=O)c4ccc(Oc5c(F)cc(/C=C(\C)C(=O)O)cc5F)cc4)CC3)cc2)c(F)c1)C(=O)O.N=C(N)N. The minimum absolute atomic E-state index is 0.00699. The lowest BCUT2D eigenvalue weighted by atomic mass is 10.1. The van der Waals surface area contributed by atoms with Gasteiger partial charge in [0, 0.05) is 127 Å². The maximum absolute atomic E-state index is 14.8. The fourth-order valence-corrected chi connectivity index (χ4v) is 16.2. The van der Waals surface area contributed by atoms with Gasteiger partial charge in [-0.05, 0) is 220 Å². The molecular weight excluding hydrogens is 1800 g/mol. The van der Waals surface area contributed by atoms with Crippen molar-refractivity contribution < 1.29 is 117 Å². The molecule has 0 unspecified atom stereocenters. The Morgan fingerprint density at radius 1 is 0.346 bits per heavy atom. The molecule has 19 N–H and O–H groups in total. The first-order chi connectivity index (χ1) is 61.1. The number of halogens is 8. The predicted molar refractivity (Wildman–Crippen MR) is 466 cm³/mol. The third-order valence-corrected chi connectivity index (χ3v) is 24.6. The van der Waals surface area contributed by atoms with Crippen LogP contribution in [0.3, 0.4) is 0 Å². The number of carbonyl (C=O) groups is 4. The van der Waals surface area contributed by atoms with Gasteiger partial charge in [-0.2, -0.15) is 9.98 Å². The second kappa shape index (κ2) is 46.3. The second-order valence-corrected chi connectivity index (χ2v) is 35.6. The molecule has 0 saturated carbocycles. The highest BCUT2D eigenvalue weighted by molar-refractivity contribution is 7.90. The lowest BCUT2D eigenvalue weighted by Crippen LogP contribution is -2.49. The summed E-state index contributed by atoms with van der Waals surface area (Å²) in [5.41, 5.74) is 29.5. The maximum atomic E-state index is 14.8. The summed E-state index contributed by atoms with van der Waals surface area (Å²) in [4.78, 5) is 60.3. The summed E-state index contributed by atoms with van der Waals surface area (Å²) in [6.45, 7) is 11.9. The number of carbonyl (C=O) groups excluding carboxylic acids is 2. The summed E-state index contributed by atoms with van der Waals surface area (Å²) in [7, 11) is -15.8. The van der Waals surface area contributed by atoms with Crippen LogP contribution >= 0.6 is 0 Å². The zero-order chi connectivity index (χ0) is 95.7. The van der Waals surface area contributed by atoms with E-state index in [4.69, 9.17) is 57.5 Å². The molecule has 696 valence electrons.